The Balaban J connectivity index is 1.93. The quantitative estimate of drug-likeness (QED) is 0.567. The molecule has 2 nitrogen and oxygen atoms in total. The normalized spacial score (nSPS) is 19.5. The van der Waals surface area contributed by atoms with Gasteiger partial charge in [0.1, 0.15) is 0 Å². The summed E-state index contributed by atoms with van der Waals surface area (Å²) in [6.45, 7) is 11.6. The highest BCUT2D eigenvalue weighted by Gasteiger charge is 2.37. The summed E-state index contributed by atoms with van der Waals surface area (Å²) in [6.07, 6.45) is 3.10. The van der Waals surface area contributed by atoms with Crippen molar-refractivity contribution in [1.82, 2.24) is 0 Å². The third-order valence-corrected chi connectivity index (χ3v) is 5.26. The maximum atomic E-state index is 5.93. The lowest BCUT2D eigenvalue weighted by atomic mass is 9.79. The zero-order chi connectivity index (χ0) is 18.2. The molecule has 25 heavy (non-hydrogen) atoms. The van der Waals surface area contributed by atoms with E-state index in [-0.39, 0.29) is 5.54 Å². The van der Waals surface area contributed by atoms with E-state index in [2.05, 4.69) is 62.7 Å². The Morgan fingerprint density at radius 3 is 2.48 bits per heavy atom. The van der Waals surface area contributed by atoms with Crippen LogP contribution in [0.4, 0.5) is 11.4 Å². The first-order chi connectivity index (χ1) is 11.8. The van der Waals surface area contributed by atoms with Gasteiger partial charge in [0.25, 0.3) is 0 Å². The molecular weight excluding hydrogens is 328 g/mol. The monoisotopic (exact) mass is 354 g/mol. The van der Waals surface area contributed by atoms with Crippen LogP contribution in [0.15, 0.2) is 47.5 Å². The molecule has 0 aliphatic carbocycles. The van der Waals surface area contributed by atoms with E-state index in [0.717, 1.165) is 22.7 Å². The second-order valence-corrected chi connectivity index (χ2v) is 8.37. The molecule has 2 aromatic carbocycles. The Kier molecular flexibility index (Phi) is 4.92. The highest BCUT2D eigenvalue weighted by Crippen LogP contribution is 2.44. The van der Waals surface area contributed by atoms with Crippen LogP contribution in [0.25, 0.3) is 0 Å². The zero-order valence-electron chi connectivity index (χ0n) is 15.8. The average Bonchev–Trinajstić information content (AvgIpc) is 2.53. The molecule has 1 unspecified atom stereocenters. The van der Waals surface area contributed by atoms with Crippen LogP contribution in [-0.2, 0) is 0 Å². The number of aliphatic imine (C=N–C) groups is 1. The van der Waals surface area contributed by atoms with Gasteiger partial charge >= 0.3 is 0 Å². The second kappa shape index (κ2) is 6.84. The van der Waals surface area contributed by atoms with Gasteiger partial charge in [-0.2, -0.15) is 0 Å². The predicted octanol–water partition coefficient (Wildman–Crippen LogP) is 6.59. The van der Waals surface area contributed by atoms with Crippen LogP contribution in [0.3, 0.4) is 0 Å². The van der Waals surface area contributed by atoms with Crippen molar-refractivity contribution < 1.29 is 0 Å². The molecule has 0 saturated heterocycles. The fourth-order valence-corrected chi connectivity index (χ4v) is 4.33. The van der Waals surface area contributed by atoms with Crippen molar-refractivity contribution in [3.63, 3.8) is 0 Å². The molecule has 0 fully saturated rings. The molecule has 0 radical (unpaired) electrons. The third-order valence-electron chi connectivity index (χ3n) is 5.01. The number of fused-ring (bicyclic) bond motifs is 1. The fraction of sp³-hybridized carbons (Fsp3) is 0.409. The van der Waals surface area contributed by atoms with Crippen molar-refractivity contribution in [3.8, 4) is 0 Å². The molecule has 132 valence electrons. The molecule has 2 aromatic rings. The van der Waals surface area contributed by atoms with Gasteiger partial charge in [0.2, 0.25) is 0 Å². The maximum Gasteiger partial charge on any atom is 0.0630 e. The Morgan fingerprint density at radius 2 is 1.84 bits per heavy atom. The van der Waals surface area contributed by atoms with E-state index in [0.29, 0.717) is 12.0 Å². The van der Waals surface area contributed by atoms with E-state index in [1.54, 1.807) is 0 Å². The molecule has 3 heteroatoms. The van der Waals surface area contributed by atoms with Crippen LogP contribution in [0.2, 0.25) is 5.02 Å². The number of rotatable bonds is 3. The number of anilines is 1. The SMILES string of the molecule is CC1CC(C)(C)N(C(C)C)c2ccc(C=Nc3ccc(Cl)cc3)cc21. The van der Waals surface area contributed by atoms with Crippen molar-refractivity contribution in [2.45, 2.75) is 58.5 Å². The third kappa shape index (κ3) is 3.74. The Bertz CT molecular complexity index is 775. The molecule has 0 saturated carbocycles. The smallest absolute Gasteiger partial charge is 0.0630 e. The summed E-state index contributed by atoms with van der Waals surface area (Å²) in [5, 5.41) is 0.734. The van der Waals surface area contributed by atoms with Crippen LogP contribution in [0.1, 0.15) is 58.1 Å². The summed E-state index contributed by atoms with van der Waals surface area (Å²) < 4.78 is 0. The van der Waals surface area contributed by atoms with Crippen LogP contribution < -0.4 is 4.90 Å². The lowest BCUT2D eigenvalue weighted by molar-refractivity contribution is 0.356. The van der Waals surface area contributed by atoms with E-state index in [9.17, 15) is 0 Å². The minimum Gasteiger partial charge on any atom is -0.364 e. The lowest BCUT2D eigenvalue weighted by Crippen LogP contribution is -2.51. The van der Waals surface area contributed by atoms with E-state index in [4.69, 9.17) is 11.6 Å². The zero-order valence-corrected chi connectivity index (χ0v) is 16.5. The van der Waals surface area contributed by atoms with Gasteiger partial charge in [0.15, 0.2) is 0 Å². The van der Waals surface area contributed by atoms with Crippen molar-refractivity contribution in [2.75, 3.05) is 4.90 Å². The minimum atomic E-state index is 0.180. The summed E-state index contributed by atoms with van der Waals surface area (Å²) in [7, 11) is 0. The summed E-state index contributed by atoms with van der Waals surface area (Å²) in [6, 6.07) is 14.8. The summed E-state index contributed by atoms with van der Waals surface area (Å²) in [5.41, 5.74) is 5.03. The minimum absolute atomic E-state index is 0.180. The number of halogens is 1. The highest BCUT2D eigenvalue weighted by atomic mass is 35.5. The standard InChI is InChI=1S/C22H27ClN2/c1-15(2)25-21-11-6-17(12-20(21)16(3)13-22(25,4)5)14-24-19-9-7-18(23)8-10-19/h6-12,14-16H,13H2,1-5H3. The molecular formula is C22H27ClN2. The average molecular weight is 355 g/mol. The van der Waals surface area contributed by atoms with Gasteiger partial charge in [-0.3, -0.25) is 4.99 Å². The first-order valence-corrected chi connectivity index (χ1v) is 9.38. The van der Waals surface area contributed by atoms with Crippen LogP contribution >= 0.6 is 11.6 Å². The predicted molar refractivity (Wildman–Crippen MR) is 110 cm³/mol. The Hall–Kier alpha value is -1.80. The topological polar surface area (TPSA) is 15.6 Å². The van der Waals surface area contributed by atoms with Crippen LogP contribution in [0, 0.1) is 0 Å². The van der Waals surface area contributed by atoms with Crippen molar-refractivity contribution >= 4 is 29.2 Å². The molecule has 0 aromatic heterocycles. The second-order valence-electron chi connectivity index (χ2n) is 7.93. The van der Waals surface area contributed by atoms with Gasteiger partial charge < -0.3 is 4.90 Å². The van der Waals surface area contributed by atoms with Crippen molar-refractivity contribution in [3.05, 3.63) is 58.6 Å². The first kappa shape index (κ1) is 18.0. The Labute approximate surface area is 156 Å². The summed E-state index contributed by atoms with van der Waals surface area (Å²) >= 11 is 5.93. The number of benzene rings is 2. The Morgan fingerprint density at radius 1 is 1.16 bits per heavy atom. The van der Waals surface area contributed by atoms with Gasteiger partial charge in [-0.15, -0.1) is 0 Å². The van der Waals surface area contributed by atoms with Crippen molar-refractivity contribution in [2.24, 2.45) is 4.99 Å². The molecule has 3 rings (SSSR count). The van der Waals surface area contributed by atoms with Crippen molar-refractivity contribution in [1.29, 1.82) is 0 Å². The molecule has 0 spiro atoms. The molecule has 1 aliphatic rings. The number of nitrogens with zero attached hydrogens (tertiary/aromatic N) is 2. The van der Waals surface area contributed by atoms with Crippen LogP contribution in [-0.4, -0.2) is 17.8 Å². The van der Waals surface area contributed by atoms with Gasteiger partial charge in [-0.1, -0.05) is 24.6 Å². The van der Waals surface area contributed by atoms with Gasteiger partial charge in [-0.05, 0) is 87.6 Å². The lowest BCUT2D eigenvalue weighted by Gasteiger charge is -2.50. The largest absolute Gasteiger partial charge is 0.364 e. The molecule has 1 atom stereocenters. The molecule has 0 bridgehead atoms. The van der Waals surface area contributed by atoms with E-state index in [1.807, 2.05) is 30.5 Å². The maximum absolute atomic E-state index is 5.93. The number of hydrogen-bond acceptors (Lipinski definition) is 2. The van der Waals surface area contributed by atoms with Gasteiger partial charge in [0, 0.05) is 28.5 Å². The fourth-order valence-electron chi connectivity index (χ4n) is 4.20. The summed E-state index contributed by atoms with van der Waals surface area (Å²) in [4.78, 5) is 7.14. The molecule has 1 aliphatic heterocycles. The van der Waals surface area contributed by atoms with Gasteiger partial charge in [-0.25, -0.2) is 0 Å². The van der Waals surface area contributed by atoms with Crippen LogP contribution in [0.5, 0.6) is 0 Å². The van der Waals surface area contributed by atoms with E-state index >= 15 is 0 Å². The molecule has 1 heterocycles. The van der Waals surface area contributed by atoms with E-state index in [1.165, 1.54) is 11.3 Å². The molecule has 0 amide bonds. The summed E-state index contributed by atoms with van der Waals surface area (Å²) in [5.74, 6) is 0.545. The highest BCUT2D eigenvalue weighted by molar-refractivity contribution is 6.30. The molecule has 0 N–H and O–H groups in total. The van der Waals surface area contributed by atoms with E-state index < -0.39 is 0 Å². The van der Waals surface area contributed by atoms with Gasteiger partial charge in [0.05, 0.1) is 5.69 Å². The number of hydrogen-bond donors (Lipinski definition) is 0. The first-order valence-electron chi connectivity index (χ1n) is 9.01.